The third-order valence-corrected chi connectivity index (χ3v) is 3.34. The highest BCUT2D eigenvalue weighted by Gasteiger charge is 2.38. The van der Waals surface area contributed by atoms with Gasteiger partial charge in [0, 0.05) is 11.8 Å². The number of aromatic nitrogens is 2. The zero-order valence-corrected chi connectivity index (χ0v) is 10.3. The summed E-state index contributed by atoms with van der Waals surface area (Å²) in [6, 6.07) is 5.13. The molecular formula is C10H7F3N2O3S. The number of rotatable bonds is 2. The smallest absolute Gasteiger partial charge is 0.329 e. The number of nitrogens with zero attached hydrogens (tertiary/aromatic N) is 2. The summed E-state index contributed by atoms with van der Waals surface area (Å²) in [6.45, 7) is 0. The molecule has 2 aromatic rings. The fourth-order valence-corrected chi connectivity index (χ4v) is 1.94. The van der Waals surface area contributed by atoms with Crippen LogP contribution in [0, 0.1) is 0 Å². The third-order valence-electron chi connectivity index (χ3n) is 2.21. The Bertz CT molecular complexity index is 690. The van der Waals surface area contributed by atoms with Gasteiger partial charge >= 0.3 is 12.1 Å². The molecule has 0 atom stereocenters. The molecule has 2 rings (SSSR count). The van der Waals surface area contributed by atoms with Crippen LogP contribution >= 0.6 is 0 Å². The lowest BCUT2D eigenvalue weighted by molar-refractivity contribution is -0.159. The number of benzene rings is 1. The predicted molar refractivity (Wildman–Crippen MR) is 57.8 cm³/mol. The third kappa shape index (κ3) is 2.92. The van der Waals surface area contributed by atoms with Crippen LogP contribution in [-0.4, -0.2) is 24.8 Å². The van der Waals surface area contributed by atoms with Crippen molar-refractivity contribution < 1.29 is 26.1 Å². The topological polar surface area (TPSA) is 73.1 Å². The van der Waals surface area contributed by atoms with Gasteiger partial charge in [-0.2, -0.15) is 18.2 Å². The van der Waals surface area contributed by atoms with Gasteiger partial charge in [0.2, 0.25) is 5.82 Å². The van der Waals surface area contributed by atoms with Crippen LogP contribution in [-0.2, 0) is 16.0 Å². The van der Waals surface area contributed by atoms with E-state index in [0.717, 1.165) is 6.26 Å². The van der Waals surface area contributed by atoms with Crippen molar-refractivity contribution >= 4 is 9.84 Å². The first-order valence-corrected chi connectivity index (χ1v) is 6.78. The van der Waals surface area contributed by atoms with E-state index in [4.69, 9.17) is 0 Å². The van der Waals surface area contributed by atoms with E-state index < -0.39 is 21.9 Å². The molecule has 0 bridgehead atoms. The first kappa shape index (κ1) is 13.5. The minimum absolute atomic E-state index is 0.0517. The first-order valence-electron chi connectivity index (χ1n) is 4.89. The van der Waals surface area contributed by atoms with Gasteiger partial charge in [-0.15, -0.1) is 0 Å². The van der Waals surface area contributed by atoms with Crippen LogP contribution < -0.4 is 0 Å². The zero-order chi connectivity index (χ0) is 14.3. The molecule has 0 spiro atoms. The molecule has 1 aromatic heterocycles. The number of halogens is 3. The molecule has 102 valence electrons. The minimum Gasteiger partial charge on any atom is -0.329 e. The van der Waals surface area contributed by atoms with Crippen LogP contribution in [0.15, 0.2) is 33.7 Å². The molecule has 5 nitrogen and oxygen atoms in total. The second-order valence-corrected chi connectivity index (χ2v) is 5.73. The number of hydrogen-bond donors (Lipinski definition) is 0. The first-order chi connectivity index (χ1) is 8.68. The summed E-state index contributed by atoms with van der Waals surface area (Å²) < 4.78 is 63.3. The Kier molecular flexibility index (Phi) is 3.09. The van der Waals surface area contributed by atoms with Gasteiger partial charge in [-0.25, -0.2) is 8.42 Å². The molecule has 0 fully saturated rings. The van der Waals surface area contributed by atoms with E-state index in [1.807, 2.05) is 0 Å². The average molecular weight is 292 g/mol. The van der Waals surface area contributed by atoms with Crippen molar-refractivity contribution in [3.63, 3.8) is 0 Å². The van der Waals surface area contributed by atoms with Gasteiger partial charge in [0.1, 0.15) is 0 Å². The quantitative estimate of drug-likeness (QED) is 0.848. The lowest BCUT2D eigenvalue weighted by atomic mass is 10.2. The van der Waals surface area contributed by atoms with E-state index in [1.165, 1.54) is 24.3 Å². The van der Waals surface area contributed by atoms with Gasteiger partial charge in [-0.1, -0.05) is 5.16 Å². The van der Waals surface area contributed by atoms with Crippen molar-refractivity contribution in [2.45, 2.75) is 11.1 Å². The molecule has 19 heavy (non-hydrogen) atoms. The van der Waals surface area contributed by atoms with E-state index >= 15 is 0 Å². The van der Waals surface area contributed by atoms with Crippen LogP contribution in [0.3, 0.4) is 0 Å². The van der Waals surface area contributed by atoms with E-state index in [1.54, 1.807) is 0 Å². The van der Waals surface area contributed by atoms with Crippen LogP contribution in [0.1, 0.15) is 5.89 Å². The lowest BCUT2D eigenvalue weighted by Gasteiger charge is -1.99. The highest BCUT2D eigenvalue weighted by Crippen LogP contribution is 2.29. The van der Waals surface area contributed by atoms with Crippen molar-refractivity contribution in [3.05, 3.63) is 30.2 Å². The van der Waals surface area contributed by atoms with E-state index in [9.17, 15) is 21.6 Å². The highest BCUT2D eigenvalue weighted by atomic mass is 32.2. The van der Waals surface area contributed by atoms with E-state index in [-0.39, 0.29) is 16.3 Å². The minimum atomic E-state index is -4.71. The molecular weight excluding hydrogens is 285 g/mol. The molecule has 0 saturated carbocycles. The van der Waals surface area contributed by atoms with Crippen LogP contribution in [0.25, 0.3) is 11.4 Å². The van der Waals surface area contributed by atoms with Crippen molar-refractivity contribution in [3.8, 4) is 11.4 Å². The van der Waals surface area contributed by atoms with Gasteiger partial charge in [-0.3, -0.25) is 0 Å². The van der Waals surface area contributed by atoms with Gasteiger partial charge < -0.3 is 4.52 Å². The fourth-order valence-electron chi connectivity index (χ4n) is 1.31. The monoisotopic (exact) mass is 292 g/mol. The van der Waals surface area contributed by atoms with E-state index in [0.29, 0.717) is 0 Å². The number of alkyl halides is 3. The molecule has 0 aliphatic rings. The highest BCUT2D eigenvalue weighted by molar-refractivity contribution is 7.90. The lowest BCUT2D eigenvalue weighted by Crippen LogP contribution is -2.04. The van der Waals surface area contributed by atoms with Gasteiger partial charge in [0.25, 0.3) is 0 Å². The average Bonchev–Trinajstić information content (AvgIpc) is 2.77. The Morgan fingerprint density at radius 3 is 2.16 bits per heavy atom. The largest absolute Gasteiger partial charge is 0.471 e. The summed E-state index contributed by atoms with van der Waals surface area (Å²) in [5.41, 5.74) is 0.228. The molecule has 0 amide bonds. The fraction of sp³-hybridized carbons (Fsp3) is 0.200. The number of sulfone groups is 1. The Morgan fingerprint density at radius 1 is 1.16 bits per heavy atom. The molecule has 0 saturated heterocycles. The molecule has 0 aliphatic carbocycles. The second kappa shape index (κ2) is 4.34. The van der Waals surface area contributed by atoms with Crippen molar-refractivity contribution in [2.75, 3.05) is 6.26 Å². The molecule has 0 unspecified atom stereocenters. The maximum absolute atomic E-state index is 12.3. The summed E-state index contributed by atoms with van der Waals surface area (Å²) in [5.74, 6) is -1.71. The summed E-state index contributed by atoms with van der Waals surface area (Å²) >= 11 is 0. The van der Waals surface area contributed by atoms with Crippen molar-refractivity contribution in [2.24, 2.45) is 0 Å². The van der Waals surface area contributed by atoms with Crippen molar-refractivity contribution in [1.29, 1.82) is 0 Å². The predicted octanol–water partition coefficient (Wildman–Crippen LogP) is 2.16. The van der Waals surface area contributed by atoms with Gasteiger partial charge in [0.15, 0.2) is 9.84 Å². The maximum atomic E-state index is 12.3. The molecule has 0 aliphatic heterocycles. The SMILES string of the molecule is CS(=O)(=O)c1ccc(-c2noc(C(F)(F)F)n2)cc1. The van der Waals surface area contributed by atoms with Crippen LogP contribution in [0.4, 0.5) is 13.2 Å². The summed E-state index contributed by atoms with van der Waals surface area (Å²) in [4.78, 5) is 3.24. The molecule has 0 radical (unpaired) electrons. The molecule has 1 aromatic carbocycles. The van der Waals surface area contributed by atoms with Crippen LogP contribution in [0.2, 0.25) is 0 Å². The van der Waals surface area contributed by atoms with Crippen molar-refractivity contribution in [1.82, 2.24) is 10.1 Å². The summed E-state index contributed by atoms with van der Waals surface area (Å²) in [7, 11) is -3.36. The Balaban J connectivity index is 2.36. The molecule has 1 heterocycles. The van der Waals surface area contributed by atoms with Gasteiger partial charge in [0.05, 0.1) is 4.90 Å². The maximum Gasteiger partial charge on any atom is 0.471 e. The summed E-state index contributed by atoms with van der Waals surface area (Å²) in [6.07, 6.45) is -3.68. The summed E-state index contributed by atoms with van der Waals surface area (Å²) in [5, 5.41) is 3.19. The molecule has 9 heteroatoms. The second-order valence-electron chi connectivity index (χ2n) is 3.72. The normalized spacial score (nSPS) is 12.6. The zero-order valence-electron chi connectivity index (χ0n) is 9.47. The van der Waals surface area contributed by atoms with Crippen LogP contribution in [0.5, 0.6) is 0 Å². The Morgan fingerprint density at radius 2 is 1.74 bits per heavy atom. The molecule has 0 N–H and O–H groups in total. The number of hydrogen-bond acceptors (Lipinski definition) is 5. The van der Waals surface area contributed by atoms with Gasteiger partial charge in [-0.05, 0) is 24.3 Å². The Labute approximate surface area is 106 Å². The van der Waals surface area contributed by atoms with E-state index in [2.05, 4.69) is 14.7 Å². The Hall–Kier alpha value is -1.90. The standard InChI is InChI=1S/C10H7F3N2O3S/c1-19(16,17)7-4-2-6(3-5-7)8-14-9(18-15-8)10(11,12)13/h2-5H,1H3.